The first kappa shape index (κ1) is 15.3. The third-order valence-corrected chi connectivity index (χ3v) is 4.00. The fourth-order valence-corrected chi connectivity index (χ4v) is 2.57. The monoisotopic (exact) mass is 444 g/mol. The van der Waals surface area contributed by atoms with Crippen molar-refractivity contribution >= 4 is 50.2 Å². The number of carbonyl (C=O) groups excluding carboxylic acids is 1. The molecule has 1 unspecified atom stereocenters. The minimum absolute atomic E-state index is 0.0501. The molecule has 2 N–H and O–H groups in total. The number of hydrogen-bond acceptors (Lipinski definition) is 1. The Balaban J connectivity index is 1.95. The lowest BCUT2D eigenvalue weighted by atomic mass is 10.1. The van der Waals surface area contributed by atoms with E-state index in [1.807, 2.05) is 55.5 Å². The summed E-state index contributed by atoms with van der Waals surface area (Å²) >= 11 is 5.61. The molecule has 2 amide bonds. The van der Waals surface area contributed by atoms with Crippen LogP contribution < -0.4 is 10.6 Å². The number of amides is 2. The standard InChI is InChI=1S/C15H14BrIN2O/c1-10(11-5-7-12(16)8-6-11)18-15(20)19-14-4-2-3-13(17)9-14/h2-10H,1H3,(H2,18,19,20). The molecule has 2 aromatic rings. The topological polar surface area (TPSA) is 41.1 Å². The molecule has 0 spiro atoms. The van der Waals surface area contributed by atoms with Crippen molar-refractivity contribution in [3.63, 3.8) is 0 Å². The molecule has 104 valence electrons. The molecule has 2 rings (SSSR count). The molecular formula is C15H14BrIN2O. The zero-order valence-electron chi connectivity index (χ0n) is 10.9. The molecule has 5 heteroatoms. The highest BCUT2D eigenvalue weighted by atomic mass is 127. The van der Waals surface area contributed by atoms with E-state index in [1.165, 1.54) is 0 Å². The van der Waals surface area contributed by atoms with Crippen LogP contribution in [0, 0.1) is 3.57 Å². The van der Waals surface area contributed by atoms with Gasteiger partial charge in [0.05, 0.1) is 6.04 Å². The molecule has 0 heterocycles. The molecule has 0 aromatic heterocycles. The summed E-state index contributed by atoms with van der Waals surface area (Å²) < 4.78 is 2.11. The fraction of sp³-hybridized carbons (Fsp3) is 0.133. The predicted octanol–water partition coefficient (Wildman–Crippen LogP) is 4.94. The van der Waals surface area contributed by atoms with E-state index in [0.717, 1.165) is 19.3 Å². The van der Waals surface area contributed by atoms with Crippen molar-refractivity contribution in [3.05, 3.63) is 62.1 Å². The van der Waals surface area contributed by atoms with Gasteiger partial charge >= 0.3 is 6.03 Å². The van der Waals surface area contributed by atoms with Crippen LogP contribution in [0.2, 0.25) is 0 Å². The molecule has 0 fully saturated rings. The van der Waals surface area contributed by atoms with Crippen LogP contribution in [0.25, 0.3) is 0 Å². The highest BCUT2D eigenvalue weighted by molar-refractivity contribution is 14.1. The van der Waals surface area contributed by atoms with Gasteiger partial charge in [0, 0.05) is 13.7 Å². The molecule has 0 radical (unpaired) electrons. The van der Waals surface area contributed by atoms with E-state index in [1.54, 1.807) is 0 Å². The summed E-state index contributed by atoms with van der Waals surface area (Å²) in [6, 6.07) is 15.3. The Hall–Kier alpha value is -1.08. The second kappa shape index (κ2) is 7.08. The SMILES string of the molecule is CC(NC(=O)Nc1cccc(I)c1)c1ccc(Br)cc1. The van der Waals surface area contributed by atoms with Gasteiger partial charge in [-0.3, -0.25) is 0 Å². The Morgan fingerprint density at radius 2 is 1.90 bits per heavy atom. The molecule has 0 aliphatic heterocycles. The zero-order chi connectivity index (χ0) is 14.5. The van der Waals surface area contributed by atoms with Crippen molar-refractivity contribution in [3.8, 4) is 0 Å². The highest BCUT2D eigenvalue weighted by Crippen LogP contribution is 2.17. The maximum Gasteiger partial charge on any atom is 0.319 e. The number of halogens is 2. The van der Waals surface area contributed by atoms with Crippen molar-refractivity contribution in [2.24, 2.45) is 0 Å². The van der Waals surface area contributed by atoms with Crippen LogP contribution in [-0.4, -0.2) is 6.03 Å². The first-order valence-electron chi connectivity index (χ1n) is 6.13. The lowest BCUT2D eigenvalue weighted by Gasteiger charge is -2.15. The van der Waals surface area contributed by atoms with Crippen molar-refractivity contribution in [1.29, 1.82) is 0 Å². The van der Waals surface area contributed by atoms with Gasteiger partial charge in [-0.2, -0.15) is 0 Å². The van der Waals surface area contributed by atoms with Gasteiger partial charge in [0.15, 0.2) is 0 Å². The molecule has 0 aliphatic carbocycles. The summed E-state index contributed by atoms with van der Waals surface area (Å²) in [5.41, 5.74) is 1.85. The Bertz CT molecular complexity index is 601. The minimum Gasteiger partial charge on any atom is -0.331 e. The average molecular weight is 445 g/mol. The Kier molecular flexibility index (Phi) is 5.42. The molecule has 20 heavy (non-hydrogen) atoms. The Morgan fingerprint density at radius 1 is 1.20 bits per heavy atom. The van der Waals surface area contributed by atoms with Crippen LogP contribution in [0.3, 0.4) is 0 Å². The molecular weight excluding hydrogens is 431 g/mol. The van der Waals surface area contributed by atoms with Gasteiger partial charge in [-0.05, 0) is 65.4 Å². The maximum absolute atomic E-state index is 11.9. The number of benzene rings is 2. The summed E-state index contributed by atoms with van der Waals surface area (Å²) in [5.74, 6) is 0. The zero-order valence-corrected chi connectivity index (χ0v) is 14.6. The van der Waals surface area contributed by atoms with Crippen LogP contribution >= 0.6 is 38.5 Å². The van der Waals surface area contributed by atoms with Crippen LogP contribution in [0.1, 0.15) is 18.5 Å². The van der Waals surface area contributed by atoms with E-state index in [2.05, 4.69) is 49.2 Å². The Morgan fingerprint density at radius 3 is 2.55 bits per heavy atom. The van der Waals surface area contributed by atoms with Crippen LogP contribution in [0.15, 0.2) is 53.0 Å². The Labute approximate surface area is 140 Å². The van der Waals surface area contributed by atoms with E-state index in [9.17, 15) is 4.79 Å². The van der Waals surface area contributed by atoms with E-state index >= 15 is 0 Å². The number of hydrogen-bond donors (Lipinski definition) is 2. The fourth-order valence-electron chi connectivity index (χ4n) is 1.76. The first-order valence-corrected chi connectivity index (χ1v) is 8.00. The number of rotatable bonds is 3. The van der Waals surface area contributed by atoms with Gasteiger partial charge < -0.3 is 10.6 Å². The van der Waals surface area contributed by atoms with Gasteiger partial charge in [-0.25, -0.2) is 4.79 Å². The first-order chi connectivity index (χ1) is 9.54. The van der Waals surface area contributed by atoms with Crippen molar-refractivity contribution in [2.75, 3.05) is 5.32 Å². The smallest absolute Gasteiger partial charge is 0.319 e. The summed E-state index contributed by atoms with van der Waals surface area (Å²) in [4.78, 5) is 11.9. The quantitative estimate of drug-likeness (QED) is 0.647. The van der Waals surface area contributed by atoms with Gasteiger partial charge in [0.1, 0.15) is 0 Å². The predicted molar refractivity (Wildman–Crippen MR) is 93.9 cm³/mol. The highest BCUT2D eigenvalue weighted by Gasteiger charge is 2.09. The van der Waals surface area contributed by atoms with Crippen LogP contribution in [-0.2, 0) is 0 Å². The average Bonchev–Trinajstić information content (AvgIpc) is 2.39. The molecule has 0 saturated carbocycles. The summed E-state index contributed by atoms with van der Waals surface area (Å²) in [6.07, 6.45) is 0. The van der Waals surface area contributed by atoms with Crippen LogP contribution in [0.4, 0.5) is 10.5 Å². The third-order valence-electron chi connectivity index (χ3n) is 2.80. The second-order valence-corrected chi connectivity index (χ2v) is 6.54. The number of urea groups is 1. The number of anilines is 1. The lowest BCUT2D eigenvalue weighted by Crippen LogP contribution is -2.31. The summed E-state index contributed by atoms with van der Waals surface area (Å²) in [5, 5.41) is 5.75. The number of nitrogens with one attached hydrogen (secondary N) is 2. The van der Waals surface area contributed by atoms with E-state index in [0.29, 0.717) is 0 Å². The van der Waals surface area contributed by atoms with Crippen molar-refractivity contribution in [1.82, 2.24) is 5.32 Å². The molecule has 2 aromatic carbocycles. The molecule has 1 atom stereocenters. The van der Waals surface area contributed by atoms with Crippen molar-refractivity contribution < 1.29 is 4.79 Å². The normalized spacial score (nSPS) is 11.8. The van der Waals surface area contributed by atoms with E-state index in [4.69, 9.17) is 0 Å². The third kappa shape index (κ3) is 4.49. The summed E-state index contributed by atoms with van der Waals surface area (Å²) in [6.45, 7) is 1.96. The van der Waals surface area contributed by atoms with Crippen molar-refractivity contribution in [2.45, 2.75) is 13.0 Å². The maximum atomic E-state index is 11.9. The largest absolute Gasteiger partial charge is 0.331 e. The molecule has 0 aliphatic rings. The molecule has 0 saturated heterocycles. The molecule has 0 bridgehead atoms. The van der Waals surface area contributed by atoms with E-state index in [-0.39, 0.29) is 12.1 Å². The minimum atomic E-state index is -0.206. The van der Waals surface area contributed by atoms with Gasteiger partial charge in [0.25, 0.3) is 0 Å². The number of carbonyl (C=O) groups is 1. The lowest BCUT2D eigenvalue weighted by molar-refractivity contribution is 0.249. The summed E-state index contributed by atoms with van der Waals surface area (Å²) in [7, 11) is 0. The second-order valence-electron chi connectivity index (χ2n) is 4.38. The van der Waals surface area contributed by atoms with E-state index < -0.39 is 0 Å². The van der Waals surface area contributed by atoms with Crippen LogP contribution in [0.5, 0.6) is 0 Å². The van der Waals surface area contributed by atoms with Gasteiger partial charge in [-0.15, -0.1) is 0 Å². The molecule has 3 nitrogen and oxygen atoms in total. The van der Waals surface area contributed by atoms with Gasteiger partial charge in [0.2, 0.25) is 0 Å². The van der Waals surface area contributed by atoms with Gasteiger partial charge in [-0.1, -0.05) is 34.1 Å².